The summed E-state index contributed by atoms with van der Waals surface area (Å²) < 4.78 is 39.9. The summed E-state index contributed by atoms with van der Waals surface area (Å²) in [4.78, 5) is 18.2. The van der Waals surface area contributed by atoms with E-state index in [-0.39, 0.29) is 5.39 Å². The van der Waals surface area contributed by atoms with E-state index in [1.165, 1.54) is 6.07 Å². The molecule has 0 radical (unpaired) electrons. The van der Waals surface area contributed by atoms with Gasteiger partial charge in [0.1, 0.15) is 11.6 Å². The van der Waals surface area contributed by atoms with Crippen molar-refractivity contribution in [1.82, 2.24) is 9.97 Å². The fourth-order valence-corrected chi connectivity index (χ4v) is 1.53. The van der Waals surface area contributed by atoms with Gasteiger partial charge in [0.05, 0.1) is 10.9 Å². The lowest BCUT2D eigenvalue weighted by molar-refractivity contribution is -0.274. The van der Waals surface area contributed by atoms with Gasteiger partial charge in [-0.1, -0.05) is 20.8 Å². The first-order valence-corrected chi connectivity index (χ1v) is 6.18. The Kier molecular flexibility index (Phi) is 5.12. The van der Waals surface area contributed by atoms with E-state index in [2.05, 4.69) is 14.7 Å². The highest BCUT2D eigenvalue weighted by Crippen LogP contribution is 2.24. The molecule has 0 saturated heterocycles. The predicted molar refractivity (Wildman–Crippen MR) is 69.8 cm³/mol. The number of aromatic amines is 1. The SMILES string of the molecule is CC.CCc1nc2ccc(OC(F)(F)F)cc2c(=O)[nH]1. The minimum Gasteiger partial charge on any atom is -0.406 e. The van der Waals surface area contributed by atoms with Crippen molar-refractivity contribution in [2.75, 3.05) is 0 Å². The van der Waals surface area contributed by atoms with Gasteiger partial charge in [0, 0.05) is 6.42 Å². The quantitative estimate of drug-likeness (QED) is 0.921. The maximum Gasteiger partial charge on any atom is 0.573 e. The van der Waals surface area contributed by atoms with Crippen LogP contribution in [0.4, 0.5) is 13.2 Å². The Morgan fingerprint density at radius 1 is 1.30 bits per heavy atom. The van der Waals surface area contributed by atoms with Crippen molar-refractivity contribution in [2.45, 2.75) is 33.6 Å². The van der Waals surface area contributed by atoms with Crippen LogP contribution in [0, 0.1) is 0 Å². The van der Waals surface area contributed by atoms with Crippen molar-refractivity contribution >= 4 is 10.9 Å². The number of fused-ring (bicyclic) bond motifs is 1. The van der Waals surface area contributed by atoms with Gasteiger partial charge in [-0.25, -0.2) is 4.98 Å². The van der Waals surface area contributed by atoms with Gasteiger partial charge in [-0.2, -0.15) is 0 Å². The Morgan fingerprint density at radius 3 is 2.50 bits per heavy atom. The van der Waals surface area contributed by atoms with Gasteiger partial charge in [-0.05, 0) is 18.2 Å². The molecule has 110 valence electrons. The second-order valence-corrected chi connectivity index (χ2v) is 3.59. The van der Waals surface area contributed by atoms with E-state index in [0.29, 0.717) is 17.8 Å². The molecule has 1 N–H and O–H groups in total. The largest absolute Gasteiger partial charge is 0.573 e. The van der Waals surface area contributed by atoms with Crippen LogP contribution in [-0.2, 0) is 6.42 Å². The van der Waals surface area contributed by atoms with Crippen LogP contribution in [0.5, 0.6) is 5.75 Å². The van der Waals surface area contributed by atoms with Crippen LogP contribution in [0.3, 0.4) is 0 Å². The molecule has 0 unspecified atom stereocenters. The van der Waals surface area contributed by atoms with E-state index in [9.17, 15) is 18.0 Å². The number of aryl methyl sites for hydroxylation is 1. The van der Waals surface area contributed by atoms with E-state index in [1.54, 1.807) is 0 Å². The molecule has 0 spiro atoms. The van der Waals surface area contributed by atoms with Gasteiger partial charge in [0.15, 0.2) is 0 Å². The fourth-order valence-electron chi connectivity index (χ4n) is 1.53. The summed E-state index contributed by atoms with van der Waals surface area (Å²) in [5.74, 6) is 0.0449. The molecular formula is C13H15F3N2O2. The third-order valence-electron chi connectivity index (χ3n) is 2.29. The normalized spacial score (nSPS) is 10.9. The second-order valence-electron chi connectivity index (χ2n) is 3.59. The summed E-state index contributed by atoms with van der Waals surface area (Å²) in [5, 5.41) is 0.0638. The van der Waals surface area contributed by atoms with Crippen molar-refractivity contribution in [3.05, 3.63) is 34.4 Å². The Balaban J connectivity index is 0.000000956. The summed E-state index contributed by atoms with van der Waals surface area (Å²) >= 11 is 0. The number of hydrogen-bond donors (Lipinski definition) is 1. The maximum absolute atomic E-state index is 12.0. The molecule has 0 saturated carbocycles. The topological polar surface area (TPSA) is 55.0 Å². The highest BCUT2D eigenvalue weighted by molar-refractivity contribution is 5.79. The molecule has 0 aliphatic heterocycles. The van der Waals surface area contributed by atoms with Crippen LogP contribution >= 0.6 is 0 Å². The standard InChI is InChI=1S/C11H9F3N2O2.C2H6/c1-2-9-15-8-4-3-6(18-11(12,13)14)5-7(8)10(17)16-9;1-2/h3-5H,2H2,1H3,(H,15,16,17);1-2H3. The number of ether oxygens (including phenoxy) is 1. The van der Waals surface area contributed by atoms with E-state index < -0.39 is 17.7 Å². The van der Waals surface area contributed by atoms with E-state index >= 15 is 0 Å². The summed E-state index contributed by atoms with van der Waals surface area (Å²) in [7, 11) is 0. The fraction of sp³-hybridized carbons (Fsp3) is 0.385. The zero-order valence-electron chi connectivity index (χ0n) is 11.3. The van der Waals surface area contributed by atoms with Gasteiger partial charge in [-0.15, -0.1) is 13.2 Å². The number of alkyl halides is 3. The predicted octanol–water partition coefficient (Wildman–Crippen LogP) is 3.41. The Bertz CT molecular complexity index is 636. The molecule has 20 heavy (non-hydrogen) atoms. The summed E-state index contributed by atoms with van der Waals surface area (Å²) in [6, 6.07) is 3.47. The third kappa shape index (κ3) is 3.97. The lowest BCUT2D eigenvalue weighted by atomic mass is 10.2. The van der Waals surface area contributed by atoms with Gasteiger partial charge in [0.25, 0.3) is 5.56 Å². The lowest BCUT2D eigenvalue weighted by Gasteiger charge is -2.09. The lowest BCUT2D eigenvalue weighted by Crippen LogP contribution is -2.17. The highest BCUT2D eigenvalue weighted by atomic mass is 19.4. The zero-order chi connectivity index (χ0) is 15.3. The molecule has 7 heteroatoms. The monoisotopic (exact) mass is 288 g/mol. The molecule has 1 aromatic heterocycles. The average Bonchev–Trinajstić information content (AvgIpc) is 2.40. The molecule has 0 aliphatic rings. The van der Waals surface area contributed by atoms with Crippen LogP contribution in [0.1, 0.15) is 26.6 Å². The molecule has 1 aromatic carbocycles. The highest BCUT2D eigenvalue weighted by Gasteiger charge is 2.31. The molecule has 0 atom stereocenters. The molecule has 0 amide bonds. The van der Waals surface area contributed by atoms with E-state index in [4.69, 9.17) is 0 Å². The van der Waals surface area contributed by atoms with Gasteiger partial charge < -0.3 is 9.72 Å². The molecular weight excluding hydrogens is 273 g/mol. The van der Waals surface area contributed by atoms with Crippen LogP contribution in [0.25, 0.3) is 10.9 Å². The summed E-state index contributed by atoms with van der Waals surface area (Å²) in [5.41, 5.74) is -0.144. The number of hydrogen-bond acceptors (Lipinski definition) is 3. The van der Waals surface area contributed by atoms with Crippen molar-refractivity contribution in [1.29, 1.82) is 0 Å². The number of benzene rings is 1. The Hall–Kier alpha value is -2.05. The number of nitrogens with zero attached hydrogens (tertiary/aromatic N) is 1. The molecule has 2 rings (SSSR count). The molecule has 1 heterocycles. The first-order valence-electron chi connectivity index (χ1n) is 6.18. The number of halogens is 3. The Labute approximate surface area is 113 Å². The second kappa shape index (κ2) is 6.40. The van der Waals surface area contributed by atoms with Crippen LogP contribution in [0.2, 0.25) is 0 Å². The van der Waals surface area contributed by atoms with Crippen LogP contribution < -0.4 is 10.3 Å². The smallest absolute Gasteiger partial charge is 0.406 e. The van der Waals surface area contributed by atoms with E-state index in [0.717, 1.165) is 12.1 Å². The molecule has 4 nitrogen and oxygen atoms in total. The Morgan fingerprint density at radius 2 is 1.95 bits per heavy atom. The van der Waals surface area contributed by atoms with Crippen molar-refractivity contribution < 1.29 is 17.9 Å². The van der Waals surface area contributed by atoms with Crippen LogP contribution in [0.15, 0.2) is 23.0 Å². The van der Waals surface area contributed by atoms with Gasteiger partial charge in [0.2, 0.25) is 0 Å². The average molecular weight is 288 g/mol. The minimum atomic E-state index is -4.78. The number of rotatable bonds is 2. The minimum absolute atomic E-state index is 0.0638. The van der Waals surface area contributed by atoms with Crippen molar-refractivity contribution in [2.24, 2.45) is 0 Å². The van der Waals surface area contributed by atoms with Gasteiger partial charge >= 0.3 is 6.36 Å². The first kappa shape index (κ1) is 16.0. The molecule has 2 aromatic rings. The first-order chi connectivity index (χ1) is 9.39. The van der Waals surface area contributed by atoms with E-state index in [1.807, 2.05) is 20.8 Å². The van der Waals surface area contributed by atoms with Crippen molar-refractivity contribution in [3.63, 3.8) is 0 Å². The summed E-state index contributed by atoms with van der Waals surface area (Å²) in [6.07, 6.45) is -4.25. The molecule has 0 fully saturated rings. The van der Waals surface area contributed by atoms with Crippen LogP contribution in [-0.4, -0.2) is 16.3 Å². The summed E-state index contributed by atoms with van der Waals surface area (Å²) in [6.45, 7) is 5.81. The molecule has 0 bridgehead atoms. The van der Waals surface area contributed by atoms with Crippen molar-refractivity contribution in [3.8, 4) is 5.75 Å². The number of aromatic nitrogens is 2. The van der Waals surface area contributed by atoms with Gasteiger partial charge in [-0.3, -0.25) is 4.79 Å². The number of nitrogens with one attached hydrogen (secondary N) is 1. The maximum atomic E-state index is 12.0. The third-order valence-corrected chi connectivity index (χ3v) is 2.29. The molecule has 0 aliphatic carbocycles. The number of H-pyrrole nitrogens is 1. The zero-order valence-corrected chi connectivity index (χ0v) is 11.3.